The molecule has 2 rings (SSSR count). The molecule has 1 aromatic carbocycles. The van der Waals surface area contributed by atoms with Gasteiger partial charge in [0.25, 0.3) is 0 Å². The SMILES string of the molecule is COC(=O)C1(Nc2ccc(Cl)c(Br)c2)CCCC(C)C1C. The predicted octanol–water partition coefficient (Wildman–Crippen LogP) is 4.88. The number of halogens is 2. The summed E-state index contributed by atoms with van der Waals surface area (Å²) in [4.78, 5) is 12.5. The molecule has 0 radical (unpaired) electrons. The standard InChI is InChI=1S/C16H21BrClNO2/c1-10-5-4-8-16(11(10)2,15(20)21-3)19-12-6-7-14(18)13(17)9-12/h6-7,9-11,19H,4-5,8H2,1-3H3. The summed E-state index contributed by atoms with van der Waals surface area (Å²) in [6, 6.07) is 5.61. The van der Waals surface area contributed by atoms with Crippen LogP contribution in [0.5, 0.6) is 0 Å². The third kappa shape index (κ3) is 3.21. The molecule has 1 fully saturated rings. The van der Waals surface area contributed by atoms with E-state index in [1.165, 1.54) is 7.11 Å². The lowest BCUT2D eigenvalue weighted by molar-refractivity contribution is -0.150. The van der Waals surface area contributed by atoms with Gasteiger partial charge in [-0.05, 0) is 52.4 Å². The lowest BCUT2D eigenvalue weighted by atomic mass is 9.68. The Kier molecular flexibility index (Phi) is 5.20. The molecule has 5 heteroatoms. The van der Waals surface area contributed by atoms with E-state index in [1.54, 1.807) is 0 Å². The molecule has 116 valence electrons. The summed E-state index contributed by atoms with van der Waals surface area (Å²) < 4.78 is 5.91. The van der Waals surface area contributed by atoms with E-state index in [2.05, 4.69) is 35.1 Å². The van der Waals surface area contributed by atoms with Gasteiger partial charge in [0.05, 0.1) is 12.1 Å². The minimum absolute atomic E-state index is 0.187. The normalized spacial score (nSPS) is 29.0. The van der Waals surface area contributed by atoms with Gasteiger partial charge in [-0.15, -0.1) is 0 Å². The third-order valence-electron chi connectivity index (χ3n) is 4.70. The fourth-order valence-corrected chi connectivity index (χ4v) is 3.69. The molecule has 1 aliphatic carbocycles. The van der Waals surface area contributed by atoms with E-state index in [-0.39, 0.29) is 11.9 Å². The van der Waals surface area contributed by atoms with Gasteiger partial charge in [0.1, 0.15) is 5.54 Å². The highest BCUT2D eigenvalue weighted by molar-refractivity contribution is 9.10. The number of esters is 1. The molecule has 1 saturated carbocycles. The van der Waals surface area contributed by atoms with Crippen LogP contribution in [0.2, 0.25) is 5.02 Å². The Morgan fingerprint density at radius 2 is 2.19 bits per heavy atom. The van der Waals surface area contributed by atoms with Crippen molar-refractivity contribution < 1.29 is 9.53 Å². The lowest BCUT2D eigenvalue weighted by Gasteiger charge is -2.44. The van der Waals surface area contributed by atoms with E-state index in [9.17, 15) is 4.79 Å². The molecule has 21 heavy (non-hydrogen) atoms. The fraction of sp³-hybridized carbons (Fsp3) is 0.562. The number of hydrogen-bond acceptors (Lipinski definition) is 3. The Balaban J connectivity index is 2.36. The maximum Gasteiger partial charge on any atom is 0.331 e. The maximum absolute atomic E-state index is 12.5. The van der Waals surface area contributed by atoms with Gasteiger partial charge in [-0.2, -0.15) is 0 Å². The van der Waals surface area contributed by atoms with Crippen molar-refractivity contribution in [1.29, 1.82) is 0 Å². The predicted molar refractivity (Wildman–Crippen MR) is 89.7 cm³/mol. The van der Waals surface area contributed by atoms with Crippen molar-refractivity contribution >= 4 is 39.2 Å². The van der Waals surface area contributed by atoms with E-state index in [0.29, 0.717) is 10.9 Å². The number of benzene rings is 1. The zero-order valence-electron chi connectivity index (χ0n) is 12.6. The van der Waals surface area contributed by atoms with Crippen molar-refractivity contribution in [3.8, 4) is 0 Å². The van der Waals surface area contributed by atoms with Gasteiger partial charge in [-0.25, -0.2) is 4.79 Å². The van der Waals surface area contributed by atoms with Gasteiger partial charge in [0.2, 0.25) is 0 Å². The van der Waals surface area contributed by atoms with Crippen molar-refractivity contribution in [2.75, 3.05) is 12.4 Å². The Morgan fingerprint density at radius 1 is 1.48 bits per heavy atom. The largest absolute Gasteiger partial charge is 0.467 e. The van der Waals surface area contributed by atoms with Crippen LogP contribution in [0, 0.1) is 11.8 Å². The van der Waals surface area contributed by atoms with Crippen molar-refractivity contribution in [3.05, 3.63) is 27.7 Å². The maximum atomic E-state index is 12.5. The molecule has 0 amide bonds. The van der Waals surface area contributed by atoms with Gasteiger partial charge in [-0.3, -0.25) is 0 Å². The van der Waals surface area contributed by atoms with Gasteiger partial charge >= 0.3 is 5.97 Å². The molecule has 3 unspecified atom stereocenters. The van der Waals surface area contributed by atoms with Gasteiger partial charge < -0.3 is 10.1 Å². The number of carbonyl (C=O) groups is 1. The van der Waals surface area contributed by atoms with Crippen LogP contribution >= 0.6 is 27.5 Å². The average Bonchev–Trinajstić information content (AvgIpc) is 2.47. The molecule has 0 aliphatic heterocycles. The Labute approximate surface area is 139 Å². The molecule has 0 heterocycles. The quantitative estimate of drug-likeness (QED) is 0.766. The van der Waals surface area contributed by atoms with Crippen LogP contribution in [0.15, 0.2) is 22.7 Å². The van der Waals surface area contributed by atoms with E-state index in [1.807, 2.05) is 18.2 Å². The first kappa shape index (κ1) is 16.6. The van der Waals surface area contributed by atoms with Crippen LogP contribution in [0.3, 0.4) is 0 Å². The topological polar surface area (TPSA) is 38.3 Å². The summed E-state index contributed by atoms with van der Waals surface area (Å²) in [5.41, 5.74) is 0.206. The van der Waals surface area contributed by atoms with Crippen molar-refractivity contribution in [3.63, 3.8) is 0 Å². The fourth-order valence-electron chi connectivity index (χ4n) is 3.20. The molecule has 1 N–H and O–H groups in total. The number of anilines is 1. The second kappa shape index (κ2) is 6.57. The van der Waals surface area contributed by atoms with Crippen molar-refractivity contribution in [1.82, 2.24) is 0 Å². The summed E-state index contributed by atoms with van der Waals surface area (Å²) in [6.45, 7) is 4.32. The monoisotopic (exact) mass is 373 g/mol. The number of methoxy groups -OCH3 is 1. The summed E-state index contributed by atoms with van der Waals surface area (Å²) in [5.74, 6) is 0.488. The van der Waals surface area contributed by atoms with Crippen molar-refractivity contribution in [2.45, 2.75) is 38.6 Å². The second-order valence-corrected chi connectivity index (χ2v) is 7.14. The summed E-state index contributed by atoms with van der Waals surface area (Å²) >= 11 is 9.45. The molecule has 0 aromatic heterocycles. The number of rotatable bonds is 3. The van der Waals surface area contributed by atoms with E-state index >= 15 is 0 Å². The Bertz CT molecular complexity index is 537. The highest BCUT2D eigenvalue weighted by atomic mass is 79.9. The molecule has 0 saturated heterocycles. The Hall–Kier alpha value is -0.740. The van der Waals surface area contributed by atoms with Crippen molar-refractivity contribution in [2.24, 2.45) is 11.8 Å². The summed E-state index contributed by atoms with van der Waals surface area (Å²) in [6.07, 6.45) is 2.94. The Morgan fingerprint density at radius 3 is 2.81 bits per heavy atom. The first-order valence-corrected chi connectivity index (χ1v) is 8.39. The summed E-state index contributed by atoms with van der Waals surface area (Å²) in [5, 5.41) is 4.08. The van der Waals surface area contributed by atoms with E-state index in [4.69, 9.17) is 16.3 Å². The highest BCUT2D eigenvalue weighted by Gasteiger charge is 2.48. The van der Waals surface area contributed by atoms with Crippen LogP contribution in [0.25, 0.3) is 0 Å². The van der Waals surface area contributed by atoms with Crippen LogP contribution in [0.1, 0.15) is 33.1 Å². The summed E-state index contributed by atoms with van der Waals surface area (Å²) in [7, 11) is 1.45. The second-order valence-electron chi connectivity index (χ2n) is 5.88. The molecule has 1 aromatic rings. The van der Waals surface area contributed by atoms with Crippen LogP contribution in [-0.2, 0) is 9.53 Å². The first-order valence-electron chi connectivity index (χ1n) is 7.22. The zero-order chi connectivity index (χ0) is 15.6. The number of hydrogen-bond donors (Lipinski definition) is 1. The number of ether oxygens (including phenoxy) is 1. The molecule has 3 atom stereocenters. The molecule has 3 nitrogen and oxygen atoms in total. The molecule has 1 aliphatic rings. The van der Waals surface area contributed by atoms with Crippen LogP contribution in [0.4, 0.5) is 5.69 Å². The molecular formula is C16H21BrClNO2. The minimum atomic E-state index is -0.667. The molecule has 0 bridgehead atoms. The number of carbonyl (C=O) groups excluding carboxylic acids is 1. The van der Waals surface area contributed by atoms with Gasteiger partial charge in [0.15, 0.2) is 0 Å². The smallest absolute Gasteiger partial charge is 0.331 e. The van der Waals surface area contributed by atoms with Gasteiger partial charge in [0, 0.05) is 10.2 Å². The minimum Gasteiger partial charge on any atom is -0.467 e. The zero-order valence-corrected chi connectivity index (χ0v) is 14.9. The lowest BCUT2D eigenvalue weighted by Crippen LogP contribution is -2.56. The van der Waals surface area contributed by atoms with E-state index < -0.39 is 5.54 Å². The molecular weight excluding hydrogens is 354 g/mol. The third-order valence-corrected chi connectivity index (χ3v) is 5.91. The average molecular weight is 375 g/mol. The van der Waals surface area contributed by atoms with Crippen LogP contribution in [-0.4, -0.2) is 18.6 Å². The van der Waals surface area contributed by atoms with Gasteiger partial charge in [-0.1, -0.05) is 38.3 Å². The first-order chi connectivity index (χ1) is 9.90. The van der Waals surface area contributed by atoms with Crippen LogP contribution < -0.4 is 5.32 Å². The highest BCUT2D eigenvalue weighted by Crippen LogP contribution is 2.41. The molecule has 0 spiro atoms. The van der Waals surface area contributed by atoms with E-state index in [0.717, 1.165) is 29.4 Å². The number of nitrogens with one attached hydrogen (secondary N) is 1.